The number of terminal acetylenes is 1. The van der Waals surface area contributed by atoms with E-state index in [9.17, 15) is 14.0 Å². The van der Waals surface area contributed by atoms with Gasteiger partial charge < -0.3 is 14.7 Å². The first-order chi connectivity index (χ1) is 12.5. The lowest BCUT2D eigenvalue weighted by atomic mass is 10.2. The molecule has 8 heteroatoms. The van der Waals surface area contributed by atoms with Gasteiger partial charge in [0.1, 0.15) is 11.6 Å². The lowest BCUT2D eigenvalue weighted by Gasteiger charge is -2.20. The summed E-state index contributed by atoms with van der Waals surface area (Å²) in [6.45, 7) is 2.15. The minimum Gasteiger partial charge on any atom is -0.360 e. The Labute approximate surface area is 155 Å². The summed E-state index contributed by atoms with van der Waals surface area (Å²) in [6.07, 6.45) is 5.32. The van der Waals surface area contributed by atoms with Gasteiger partial charge in [-0.05, 0) is 24.6 Å². The highest BCUT2D eigenvalue weighted by molar-refractivity contribution is 8.00. The van der Waals surface area contributed by atoms with Crippen molar-refractivity contribution in [2.75, 3.05) is 23.4 Å². The minimum absolute atomic E-state index is 0.0953. The molecule has 0 bridgehead atoms. The molecule has 6 nitrogen and oxygen atoms in total. The van der Waals surface area contributed by atoms with Gasteiger partial charge in [0.2, 0.25) is 11.8 Å². The molecule has 1 heterocycles. The maximum Gasteiger partial charge on any atom is 0.235 e. The number of carbonyl (C=O) groups is 2. The van der Waals surface area contributed by atoms with E-state index in [0.717, 1.165) is 5.56 Å². The zero-order valence-electron chi connectivity index (χ0n) is 14.2. The number of aromatic nitrogens is 1. The number of hydrogen-bond donors (Lipinski definition) is 1. The summed E-state index contributed by atoms with van der Waals surface area (Å²) in [6, 6.07) is 7.47. The van der Waals surface area contributed by atoms with Crippen LogP contribution in [0.5, 0.6) is 0 Å². The molecule has 26 heavy (non-hydrogen) atoms. The molecule has 0 aliphatic heterocycles. The number of aryl methyl sites for hydroxylation is 1. The van der Waals surface area contributed by atoms with E-state index in [4.69, 9.17) is 10.9 Å². The summed E-state index contributed by atoms with van der Waals surface area (Å²) in [4.78, 5) is 25.6. The molecular weight excluding hydrogens is 357 g/mol. The fourth-order valence-electron chi connectivity index (χ4n) is 2.08. The first-order valence-electron chi connectivity index (χ1n) is 7.74. The number of nitrogens with zero attached hydrogens (tertiary/aromatic N) is 2. The van der Waals surface area contributed by atoms with Gasteiger partial charge in [-0.3, -0.25) is 9.59 Å². The topological polar surface area (TPSA) is 75.4 Å². The van der Waals surface area contributed by atoms with Gasteiger partial charge in [-0.2, -0.15) is 0 Å². The number of thioether (sulfide) groups is 1. The number of nitrogens with one attached hydrogen (secondary N) is 1. The van der Waals surface area contributed by atoms with Gasteiger partial charge in [0.05, 0.1) is 18.1 Å². The molecule has 2 rings (SSSR count). The van der Waals surface area contributed by atoms with Crippen molar-refractivity contribution in [3.05, 3.63) is 47.5 Å². The van der Waals surface area contributed by atoms with Crippen molar-refractivity contribution in [3.8, 4) is 12.3 Å². The van der Waals surface area contributed by atoms with Gasteiger partial charge >= 0.3 is 0 Å². The molecule has 2 aromatic rings. The SMILES string of the molecule is C#CCN(Cc1ccc(F)cc1)C(=O)CSCC(=O)Nc1cc(C)on1. The Balaban J connectivity index is 1.80. The highest BCUT2D eigenvalue weighted by atomic mass is 32.2. The summed E-state index contributed by atoms with van der Waals surface area (Å²) in [5.74, 6) is 2.76. The smallest absolute Gasteiger partial charge is 0.235 e. The van der Waals surface area contributed by atoms with Crippen molar-refractivity contribution in [2.24, 2.45) is 0 Å². The van der Waals surface area contributed by atoms with Crippen molar-refractivity contribution < 1.29 is 18.5 Å². The Morgan fingerprint density at radius 2 is 2.08 bits per heavy atom. The molecule has 0 saturated heterocycles. The van der Waals surface area contributed by atoms with Gasteiger partial charge in [0, 0.05) is 12.6 Å². The normalized spacial score (nSPS) is 10.2. The van der Waals surface area contributed by atoms with Crippen LogP contribution in [0.2, 0.25) is 0 Å². The number of carbonyl (C=O) groups excluding carboxylic acids is 2. The molecule has 0 atom stereocenters. The molecule has 0 radical (unpaired) electrons. The molecule has 0 aliphatic rings. The molecule has 1 N–H and O–H groups in total. The Bertz CT molecular complexity index is 799. The van der Waals surface area contributed by atoms with E-state index < -0.39 is 0 Å². The average molecular weight is 375 g/mol. The van der Waals surface area contributed by atoms with Crippen molar-refractivity contribution in [1.29, 1.82) is 0 Å². The monoisotopic (exact) mass is 375 g/mol. The van der Waals surface area contributed by atoms with Crippen LogP contribution in [0.3, 0.4) is 0 Å². The van der Waals surface area contributed by atoms with E-state index in [-0.39, 0.29) is 42.2 Å². The first-order valence-corrected chi connectivity index (χ1v) is 8.90. The van der Waals surface area contributed by atoms with Crippen LogP contribution in [0.25, 0.3) is 0 Å². The summed E-state index contributed by atoms with van der Waals surface area (Å²) in [5, 5.41) is 6.24. The second-order valence-electron chi connectivity index (χ2n) is 5.44. The summed E-state index contributed by atoms with van der Waals surface area (Å²) in [5.41, 5.74) is 0.777. The predicted octanol–water partition coefficient (Wildman–Crippen LogP) is 2.46. The minimum atomic E-state index is -0.340. The third-order valence-corrected chi connectivity index (χ3v) is 4.19. The van der Waals surface area contributed by atoms with Crippen LogP contribution in [0.15, 0.2) is 34.9 Å². The van der Waals surface area contributed by atoms with Gasteiger partial charge in [-0.1, -0.05) is 23.2 Å². The Kier molecular flexibility index (Phi) is 7.24. The number of benzene rings is 1. The van der Waals surface area contributed by atoms with Crippen LogP contribution in [-0.2, 0) is 16.1 Å². The van der Waals surface area contributed by atoms with Crippen molar-refractivity contribution >= 4 is 29.4 Å². The molecule has 1 aromatic heterocycles. The highest BCUT2D eigenvalue weighted by Gasteiger charge is 2.14. The number of halogens is 1. The molecule has 1 aromatic carbocycles. The molecule has 0 saturated carbocycles. The number of hydrogen-bond acceptors (Lipinski definition) is 5. The molecule has 0 aliphatic carbocycles. The highest BCUT2D eigenvalue weighted by Crippen LogP contribution is 2.11. The van der Waals surface area contributed by atoms with Crippen LogP contribution >= 0.6 is 11.8 Å². The van der Waals surface area contributed by atoms with Crippen molar-refractivity contribution in [3.63, 3.8) is 0 Å². The largest absolute Gasteiger partial charge is 0.360 e. The average Bonchev–Trinajstić information content (AvgIpc) is 3.01. The predicted molar refractivity (Wildman–Crippen MR) is 97.8 cm³/mol. The Morgan fingerprint density at radius 1 is 1.35 bits per heavy atom. The van der Waals surface area contributed by atoms with E-state index in [1.165, 1.54) is 28.8 Å². The standard InChI is InChI=1S/C18H18FN3O3S/c1-3-8-22(10-14-4-6-15(19)7-5-14)18(24)12-26-11-17(23)20-16-9-13(2)25-21-16/h1,4-7,9H,8,10-12H2,2H3,(H,20,21,23). The molecule has 0 unspecified atom stereocenters. The fourth-order valence-corrected chi connectivity index (χ4v) is 2.80. The van der Waals surface area contributed by atoms with Crippen LogP contribution in [0.1, 0.15) is 11.3 Å². The Hall–Kier alpha value is -2.79. The van der Waals surface area contributed by atoms with Crippen molar-refractivity contribution in [1.82, 2.24) is 10.1 Å². The molecular formula is C18H18FN3O3S. The van der Waals surface area contributed by atoms with Gasteiger partial charge in [-0.15, -0.1) is 18.2 Å². The third kappa shape index (κ3) is 6.26. The molecule has 2 amide bonds. The molecule has 0 fully saturated rings. The van der Waals surface area contributed by atoms with E-state index in [0.29, 0.717) is 11.6 Å². The summed E-state index contributed by atoms with van der Waals surface area (Å²) >= 11 is 1.17. The second kappa shape index (κ2) is 9.63. The van der Waals surface area contributed by atoms with Gasteiger partial charge in [0.25, 0.3) is 0 Å². The maximum absolute atomic E-state index is 13.0. The number of rotatable bonds is 8. The van der Waals surface area contributed by atoms with Crippen molar-refractivity contribution in [2.45, 2.75) is 13.5 Å². The second-order valence-corrected chi connectivity index (χ2v) is 6.43. The van der Waals surface area contributed by atoms with Gasteiger partial charge in [0.15, 0.2) is 5.82 Å². The zero-order valence-corrected chi connectivity index (χ0v) is 15.0. The first kappa shape index (κ1) is 19.5. The van der Waals surface area contributed by atoms with Crippen LogP contribution < -0.4 is 5.32 Å². The van der Waals surface area contributed by atoms with Crippen LogP contribution in [-0.4, -0.2) is 39.9 Å². The lowest BCUT2D eigenvalue weighted by Crippen LogP contribution is -2.32. The fraction of sp³-hybridized carbons (Fsp3) is 0.278. The Morgan fingerprint density at radius 3 is 2.69 bits per heavy atom. The quantitative estimate of drug-likeness (QED) is 0.718. The number of anilines is 1. The molecule has 0 spiro atoms. The summed E-state index contributed by atoms with van der Waals surface area (Å²) in [7, 11) is 0. The lowest BCUT2D eigenvalue weighted by molar-refractivity contribution is -0.128. The van der Waals surface area contributed by atoms with E-state index in [1.54, 1.807) is 25.1 Å². The van der Waals surface area contributed by atoms with E-state index >= 15 is 0 Å². The molecule has 136 valence electrons. The number of amides is 2. The van der Waals surface area contributed by atoms with E-state index in [1.807, 2.05) is 0 Å². The van der Waals surface area contributed by atoms with E-state index in [2.05, 4.69) is 16.4 Å². The zero-order chi connectivity index (χ0) is 18.9. The maximum atomic E-state index is 13.0. The van der Waals surface area contributed by atoms with Crippen LogP contribution in [0, 0.1) is 25.1 Å². The summed E-state index contributed by atoms with van der Waals surface area (Å²) < 4.78 is 17.8. The third-order valence-electron chi connectivity index (χ3n) is 3.28. The van der Waals surface area contributed by atoms with Gasteiger partial charge in [-0.25, -0.2) is 4.39 Å². The van der Waals surface area contributed by atoms with Crippen LogP contribution in [0.4, 0.5) is 10.2 Å².